The Balaban J connectivity index is 2.52. The minimum atomic E-state index is -0.174. The minimum absolute atomic E-state index is 0.0450. The zero-order valence-electron chi connectivity index (χ0n) is 5.24. The van der Waals surface area contributed by atoms with Crippen molar-refractivity contribution in [2.75, 3.05) is 7.11 Å². The molecular weight excluding hydrogens is 117 g/mol. The number of allylic oxidation sites excluding steroid dienone is 1. The molecule has 1 rings (SSSR count). The second-order valence-electron chi connectivity index (χ2n) is 1.80. The van der Waals surface area contributed by atoms with E-state index in [1.165, 1.54) is 0 Å². The van der Waals surface area contributed by atoms with Gasteiger partial charge in [0.2, 0.25) is 0 Å². The third kappa shape index (κ3) is 1.40. The summed E-state index contributed by atoms with van der Waals surface area (Å²) in [6.07, 6.45) is 3.22. The Bertz CT molecular complexity index is 155. The highest BCUT2D eigenvalue weighted by Crippen LogP contribution is 2.04. The summed E-state index contributed by atoms with van der Waals surface area (Å²) in [6.45, 7) is 0. The maximum absolute atomic E-state index is 8.56. The molecule has 0 aliphatic carbocycles. The molecule has 1 aliphatic rings. The van der Waals surface area contributed by atoms with Crippen LogP contribution in [0.3, 0.4) is 0 Å². The molecule has 1 atom stereocenters. The first-order valence-electron chi connectivity index (χ1n) is 2.74. The second-order valence-corrected chi connectivity index (χ2v) is 1.80. The highest BCUT2D eigenvalue weighted by molar-refractivity contribution is 6.45. The molecule has 0 aromatic rings. The van der Waals surface area contributed by atoms with E-state index in [2.05, 4.69) is 4.99 Å². The maximum atomic E-state index is 8.56. The number of hydrogen-bond acceptors (Lipinski definition) is 3. The van der Waals surface area contributed by atoms with E-state index >= 15 is 0 Å². The fraction of sp³-hybridized carbons (Fsp3) is 0.400. The van der Waals surface area contributed by atoms with E-state index in [0.29, 0.717) is 0 Å². The van der Waals surface area contributed by atoms with Gasteiger partial charge in [0.15, 0.2) is 6.23 Å². The first kappa shape index (κ1) is 6.51. The largest absolute Gasteiger partial charge is 0.449 e. The van der Waals surface area contributed by atoms with Gasteiger partial charge in [-0.1, -0.05) is 0 Å². The molecule has 48 valence electrons. The highest BCUT2D eigenvalue weighted by Gasteiger charge is 2.07. The van der Waals surface area contributed by atoms with Gasteiger partial charge >= 0.3 is 7.48 Å². The average molecular weight is 125 g/mol. The van der Waals surface area contributed by atoms with Crippen LogP contribution in [-0.2, 0) is 4.74 Å². The quantitative estimate of drug-likeness (QED) is 0.494. The summed E-state index contributed by atoms with van der Waals surface area (Å²) >= 11 is 0. The Morgan fingerprint density at radius 2 is 2.67 bits per heavy atom. The zero-order chi connectivity index (χ0) is 6.69. The van der Waals surface area contributed by atoms with Gasteiger partial charge in [0.1, 0.15) is 0 Å². The third-order valence-electron chi connectivity index (χ3n) is 1.17. The van der Waals surface area contributed by atoms with Crippen molar-refractivity contribution in [1.82, 2.24) is 0 Å². The van der Waals surface area contributed by atoms with Crippen LogP contribution >= 0.6 is 0 Å². The van der Waals surface area contributed by atoms with Crippen LogP contribution in [-0.4, -0.2) is 32.1 Å². The molecule has 0 radical (unpaired) electrons. The van der Waals surface area contributed by atoms with Gasteiger partial charge in [-0.2, -0.15) is 0 Å². The van der Waals surface area contributed by atoms with Crippen molar-refractivity contribution in [3.63, 3.8) is 0 Å². The smallest absolute Gasteiger partial charge is 0.306 e. The normalized spacial score (nSPS) is 24.2. The van der Waals surface area contributed by atoms with Gasteiger partial charge in [0.25, 0.3) is 0 Å². The summed E-state index contributed by atoms with van der Waals surface area (Å²) in [5.74, 6) is 0. The van der Waals surface area contributed by atoms with Gasteiger partial charge in [-0.05, 0) is 11.5 Å². The molecule has 1 N–H and O–H groups in total. The van der Waals surface area contributed by atoms with Gasteiger partial charge in [-0.15, -0.1) is 0 Å². The molecule has 0 saturated heterocycles. The Kier molecular flexibility index (Phi) is 2.03. The molecule has 1 unspecified atom stereocenters. The van der Waals surface area contributed by atoms with Crippen molar-refractivity contribution < 1.29 is 9.76 Å². The fourth-order valence-electron chi connectivity index (χ4n) is 0.661. The first-order valence-corrected chi connectivity index (χ1v) is 2.74. The summed E-state index contributed by atoms with van der Waals surface area (Å²) in [7, 11) is 1.63. The average Bonchev–Trinajstić information content (AvgIpc) is 2.34. The van der Waals surface area contributed by atoms with Gasteiger partial charge in [-0.3, -0.25) is 4.99 Å². The molecule has 9 heavy (non-hydrogen) atoms. The van der Waals surface area contributed by atoms with E-state index in [-0.39, 0.29) is 13.7 Å². The van der Waals surface area contributed by atoms with Crippen molar-refractivity contribution in [3.8, 4) is 0 Å². The highest BCUT2D eigenvalue weighted by atomic mass is 16.5. The van der Waals surface area contributed by atoms with Crippen LogP contribution in [0.1, 0.15) is 0 Å². The lowest BCUT2D eigenvalue weighted by Crippen LogP contribution is -1.99. The number of rotatable bonds is 2. The Morgan fingerprint density at radius 3 is 3.00 bits per heavy atom. The molecule has 4 heteroatoms. The topological polar surface area (TPSA) is 41.8 Å². The molecule has 0 fully saturated rings. The monoisotopic (exact) mass is 125 g/mol. The van der Waals surface area contributed by atoms with Crippen LogP contribution in [0.5, 0.6) is 0 Å². The lowest BCUT2D eigenvalue weighted by atomic mass is 9.90. The molecule has 1 heterocycles. The number of ether oxygens (including phenoxy) is 1. The molecule has 0 saturated carbocycles. The predicted molar refractivity (Wildman–Crippen MR) is 36.7 cm³/mol. The lowest BCUT2D eigenvalue weighted by molar-refractivity contribution is 0.151. The van der Waals surface area contributed by atoms with Crippen LogP contribution in [0.2, 0.25) is 0 Å². The Hall–Kier alpha value is -0.605. The van der Waals surface area contributed by atoms with E-state index in [0.717, 1.165) is 5.47 Å². The third-order valence-corrected chi connectivity index (χ3v) is 1.17. The molecule has 0 amide bonds. The molecule has 0 bridgehead atoms. The summed E-state index contributed by atoms with van der Waals surface area (Å²) in [5, 5.41) is 8.56. The van der Waals surface area contributed by atoms with E-state index in [4.69, 9.17) is 9.76 Å². The standard InChI is InChI=1S/C5H8BNO2/c1-9-5-2-4(6-8)3-7-5/h2-3,5-6,8H,1H3. The SMILES string of the molecule is COC1C=C(BO)C=N1. The molecule has 0 aromatic heterocycles. The van der Waals surface area contributed by atoms with Crippen molar-refractivity contribution in [3.05, 3.63) is 11.5 Å². The van der Waals surface area contributed by atoms with E-state index in [9.17, 15) is 0 Å². The second kappa shape index (κ2) is 2.80. The molecule has 0 aromatic carbocycles. The minimum Gasteiger partial charge on any atom is -0.449 e. The molecule has 1 aliphatic heterocycles. The molecule has 3 nitrogen and oxygen atoms in total. The first-order chi connectivity index (χ1) is 4.36. The summed E-state index contributed by atoms with van der Waals surface area (Å²) < 4.78 is 4.86. The lowest BCUT2D eigenvalue weighted by Gasteiger charge is -1.97. The maximum Gasteiger partial charge on any atom is 0.306 e. The van der Waals surface area contributed by atoms with Crippen molar-refractivity contribution in [2.45, 2.75) is 6.23 Å². The number of aliphatic imine (C=N–C) groups is 1. The van der Waals surface area contributed by atoms with Gasteiger partial charge in [0.05, 0.1) is 0 Å². The summed E-state index contributed by atoms with van der Waals surface area (Å²) in [5.41, 5.74) is 0.821. The summed E-state index contributed by atoms with van der Waals surface area (Å²) in [6, 6.07) is 0. The molecule has 0 spiro atoms. The van der Waals surface area contributed by atoms with Crippen LogP contribution in [0.4, 0.5) is 0 Å². The Labute approximate surface area is 54.3 Å². The van der Waals surface area contributed by atoms with Gasteiger partial charge < -0.3 is 9.76 Å². The van der Waals surface area contributed by atoms with Crippen LogP contribution in [0.25, 0.3) is 0 Å². The van der Waals surface area contributed by atoms with Crippen LogP contribution in [0, 0.1) is 0 Å². The van der Waals surface area contributed by atoms with Crippen molar-refractivity contribution >= 4 is 13.7 Å². The molecular formula is C5H8BNO2. The number of hydrogen-bond donors (Lipinski definition) is 1. The van der Waals surface area contributed by atoms with Crippen molar-refractivity contribution in [1.29, 1.82) is 0 Å². The Morgan fingerprint density at radius 1 is 1.89 bits per heavy atom. The van der Waals surface area contributed by atoms with E-state index in [1.54, 1.807) is 19.4 Å². The van der Waals surface area contributed by atoms with E-state index in [1.807, 2.05) is 0 Å². The van der Waals surface area contributed by atoms with Crippen LogP contribution < -0.4 is 0 Å². The van der Waals surface area contributed by atoms with Gasteiger partial charge in [0, 0.05) is 13.3 Å². The fourth-order valence-corrected chi connectivity index (χ4v) is 0.661. The zero-order valence-corrected chi connectivity index (χ0v) is 5.24. The van der Waals surface area contributed by atoms with Crippen molar-refractivity contribution in [2.24, 2.45) is 4.99 Å². The predicted octanol–water partition coefficient (Wildman–Crippen LogP) is -0.729. The van der Waals surface area contributed by atoms with Crippen LogP contribution in [0.15, 0.2) is 16.5 Å². The van der Waals surface area contributed by atoms with E-state index < -0.39 is 0 Å². The number of nitrogens with zero attached hydrogens (tertiary/aromatic N) is 1. The summed E-state index contributed by atoms with van der Waals surface area (Å²) in [4.78, 5) is 3.91. The number of methoxy groups -OCH3 is 1. The van der Waals surface area contributed by atoms with Gasteiger partial charge in [-0.25, -0.2) is 0 Å².